The molecule has 2 rings (SSSR count). The molecule has 18 heavy (non-hydrogen) atoms. The van der Waals surface area contributed by atoms with Crippen LogP contribution in [0.1, 0.15) is 5.69 Å². The number of thioether (sulfide) groups is 1. The number of aromatic nitrogens is 1. The average Bonchev–Trinajstić information content (AvgIpc) is 2.45. The maximum absolute atomic E-state index is 5.20. The number of rotatable bonds is 5. The van der Waals surface area contributed by atoms with E-state index in [1.807, 2.05) is 37.5 Å². The highest BCUT2D eigenvalue weighted by Crippen LogP contribution is 2.25. The molecule has 0 aliphatic heterocycles. The summed E-state index contributed by atoms with van der Waals surface area (Å²) in [7, 11) is 3.59. The number of benzene rings is 1. The Balaban J connectivity index is 2.01. The van der Waals surface area contributed by atoms with Crippen molar-refractivity contribution in [3.05, 3.63) is 48.3 Å². The van der Waals surface area contributed by atoms with E-state index < -0.39 is 0 Å². The molecular formula is C14H16N2OS. The van der Waals surface area contributed by atoms with Gasteiger partial charge in [-0.15, -0.1) is 11.8 Å². The topological polar surface area (TPSA) is 34.2 Å². The summed E-state index contributed by atoms with van der Waals surface area (Å²) in [6.45, 7) is 0. The summed E-state index contributed by atoms with van der Waals surface area (Å²) in [5.41, 5.74) is 2.15. The van der Waals surface area contributed by atoms with Crippen molar-refractivity contribution in [1.82, 2.24) is 4.98 Å². The molecule has 1 aromatic heterocycles. The van der Waals surface area contributed by atoms with Crippen molar-refractivity contribution < 1.29 is 4.74 Å². The fourth-order valence-corrected chi connectivity index (χ4v) is 2.41. The third kappa shape index (κ3) is 3.40. The molecule has 94 valence electrons. The summed E-state index contributed by atoms with van der Waals surface area (Å²) in [6, 6.07) is 12.1. The number of nitrogens with one attached hydrogen (secondary N) is 1. The molecule has 0 unspecified atom stereocenters. The fraction of sp³-hybridized carbons (Fsp3) is 0.214. The van der Waals surface area contributed by atoms with Gasteiger partial charge in [0.2, 0.25) is 0 Å². The van der Waals surface area contributed by atoms with Crippen LogP contribution in [0.4, 0.5) is 5.69 Å². The Morgan fingerprint density at radius 3 is 2.94 bits per heavy atom. The number of hydrogen-bond donors (Lipinski definition) is 1. The SMILES string of the molecule is CNc1ccnc(CSc2cccc(OC)c2)c1. The summed E-state index contributed by atoms with van der Waals surface area (Å²) >= 11 is 1.75. The van der Waals surface area contributed by atoms with Crippen molar-refractivity contribution in [1.29, 1.82) is 0 Å². The predicted molar refractivity (Wildman–Crippen MR) is 76.3 cm³/mol. The number of pyridine rings is 1. The van der Waals surface area contributed by atoms with Gasteiger partial charge in [-0.05, 0) is 30.3 Å². The molecule has 0 bridgehead atoms. The molecule has 0 aliphatic rings. The summed E-state index contributed by atoms with van der Waals surface area (Å²) in [5, 5.41) is 3.11. The molecule has 0 saturated heterocycles. The molecule has 0 amide bonds. The minimum absolute atomic E-state index is 0.850. The van der Waals surface area contributed by atoms with Crippen LogP contribution in [0.3, 0.4) is 0 Å². The van der Waals surface area contributed by atoms with Crippen molar-refractivity contribution in [3.63, 3.8) is 0 Å². The van der Waals surface area contributed by atoms with E-state index in [0.717, 1.165) is 22.9 Å². The molecule has 1 N–H and O–H groups in total. The number of anilines is 1. The van der Waals surface area contributed by atoms with Gasteiger partial charge in [-0.2, -0.15) is 0 Å². The van der Waals surface area contributed by atoms with Gasteiger partial charge in [-0.1, -0.05) is 6.07 Å². The maximum atomic E-state index is 5.20. The molecule has 0 saturated carbocycles. The normalized spacial score (nSPS) is 10.1. The zero-order valence-electron chi connectivity index (χ0n) is 10.5. The number of nitrogens with zero attached hydrogens (tertiary/aromatic N) is 1. The molecule has 0 atom stereocenters. The van der Waals surface area contributed by atoms with E-state index >= 15 is 0 Å². The molecule has 4 heteroatoms. The first kappa shape index (κ1) is 12.8. The zero-order chi connectivity index (χ0) is 12.8. The Hall–Kier alpha value is -1.68. The van der Waals surface area contributed by atoms with Gasteiger partial charge in [-0.3, -0.25) is 4.98 Å². The second kappa shape index (κ2) is 6.31. The van der Waals surface area contributed by atoms with Gasteiger partial charge in [0.25, 0.3) is 0 Å². The molecule has 0 radical (unpaired) electrons. The molecule has 0 fully saturated rings. The van der Waals surface area contributed by atoms with Gasteiger partial charge in [0, 0.05) is 29.6 Å². The monoisotopic (exact) mass is 260 g/mol. The second-order valence-electron chi connectivity index (χ2n) is 3.75. The van der Waals surface area contributed by atoms with Crippen LogP contribution in [0, 0.1) is 0 Å². The zero-order valence-corrected chi connectivity index (χ0v) is 11.3. The van der Waals surface area contributed by atoms with Crippen molar-refractivity contribution in [3.8, 4) is 5.75 Å². The van der Waals surface area contributed by atoms with Crippen LogP contribution in [-0.4, -0.2) is 19.1 Å². The average molecular weight is 260 g/mol. The van der Waals surface area contributed by atoms with E-state index in [1.54, 1.807) is 18.9 Å². The molecule has 0 spiro atoms. The Morgan fingerprint density at radius 1 is 1.28 bits per heavy atom. The highest BCUT2D eigenvalue weighted by Gasteiger charge is 2.00. The quantitative estimate of drug-likeness (QED) is 0.835. The third-order valence-electron chi connectivity index (χ3n) is 2.53. The lowest BCUT2D eigenvalue weighted by Gasteiger charge is -2.05. The van der Waals surface area contributed by atoms with Crippen molar-refractivity contribution in [2.45, 2.75) is 10.6 Å². The number of methoxy groups -OCH3 is 1. The summed E-state index contributed by atoms with van der Waals surface area (Å²) < 4.78 is 5.20. The van der Waals surface area contributed by atoms with E-state index in [1.165, 1.54) is 4.90 Å². The predicted octanol–water partition coefficient (Wildman–Crippen LogP) is 3.42. The lowest BCUT2D eigenvalue weighted by Crippen LogP contribution is -1.92. The fourth-order valence-electron chi connectivity index (χ4n) is 1.56. The largest absolute Gasteiger partial charge is 0.497 e. The number of ether oxygens (including phenoxy) is 1. The first-order valence-corrected chi connectivity index (χ1v) is 6.70. The van der Waals surface area contributed by atoms with Gasteiger partial charge in [-0.25, -0.2) is 0 Å². The molecule has 3 nitrogen and oxygen atoms in total. The standard InChI is InChI=1S/C14H16N2OS/c1-15-11-6-7-16-12(8-11)10-18-14-5-3-4-13(9-14)17-2/h3-9H,10H2,1-2H3,(H,15,16). The van der Waals surface area contributed by atoms with E-state index in [0.29, 0.717) is 0 Å². The van der Waals surface area contributed by atoms with Gasteiger partial charge >= 0.3 is 0 Å². The summed E-state index contributed by atoms with van der Waals surface area (Å²) in [5.74, 6) is 1.74. The molecular weight excluding hydrogens is 244 g/mol. The van der Waals surface area contributed by atoms with Gasteiger partial charge < -0.3 is 10.1 Å². The first-order chi connectivity index (χ1) is 8.81. The van der Waals surface area contributed by atoms with Crippen LogP contribution in [0.15, 0.2) is 47.5 Å². The third-order valence-corrected chi connectivity index (χ3v) is 3.56. The smallest absolute Gasteiger partial charge is 0.119 e. The van der Waals surface area contributed by atoms with E-state index in [2.05, 4.69) is 22.4 Å². The van der Waals surface area contributed by atoms with Crippen molar-refractivity contribution >= 4 is 17.4 Å². The Labute approximate surface area is 112 Å². The Morgan fingerprint density at radius 2 is 2.17 bits per heavy atom. The van der Waals surface area contributed by atoms with E-state index in [9.17, 15) is 0 Å². The van der Waals surface area contributed by atoms with Crippen LogP contribution in [-0.2, 0) is 5.75 Å². The minimum Gasteiger partial charge on any atom is -0.497 e. The van der Waals surface area contributed by atoms with E-state index in [-0.39, 0.29) is 0 Å². The van der Waals surface area contributed by atoms with Gasteiger partial charge in [0.05, 0.1) is 12.8 Å². The van der Waals surface area contributed by atoms with Crippen LogP contribution in [0.25, 0.3) is 0 Å². The van der Waals surface area contributed by atoms with Crippen LogP contribution in [0.2, 0.25) is 0 Å². The second-order valence-corrected chi connectivity index (χ2v) is 4.80. The van der Waals surface area contributed by atoms with Crippen LogP contribution < -0.4 is 10.1 Å². The molecule has 1 heterocycles. The van der Waals surface area contributed by atoms with Crippen LogP contribution in [0.5, 0.6) is 5.75 Å². The summed E-state index contributed by atoms with van der Waals surface area (Å²) in [4.78, 5) is 5.54. The Kier molecular flexibility index (Phi) is 4.47. The van der Waals surface area contributed by atoms with Crippen LogP contribution >= 0.6 is 11.8 Å². The highest BCUT2D eigenvalue weighted by molar-refractivity contribution is 7.98. The molecule has 2 aromatic rings. The lowest BCUT2D eigenvalue weighted by atomic mass is 10.3. The van der Waals surface area contributed by atoms with Gasteiger partial charge in [0.15, 0.2) is 0 Å². The summed E-state index contributed by atoms with van der Waals surface area (Å²) in [6.07, 6.45) is 1.83. The maximum Gasteiger partial charge on any atom is 0.119 e. The molecule has 0 aliphatic carbocycles. The van der Waals surface area contributed by atoms with Crippen molar-refractivity contribution in [2.24, 2.45) is 0 Å². The first-order valence-electron chi connectivity index (χ1n) is 5.71. The van der Waals surface area contributed by atoms with Gasteiger partial charge in [0.1, 0.15) is 5.75 Å². The van der Waals surface area contributed by atoms with Crippen molar-refractivity contribution in [2.75, 3.05) is 19.5 Å². The highest BCUT2D eigenvalue weighted by atomic mass is 32.2. The minimum atomic E-state index is 0.850. The number of hydrogen-bond acceptors (Lipinski definition) is 4. The molecule has 1 aromatic carbocycles. The lowest BCUT2D eigenvalue weighted by molar-refractivity contribution is 0.413. The van der Waals surface area contributed by atoms with E-state index in [4.69, 9.17) is 4.74 Å². The Bertz CT molecular complexity index is 469.